The summed E-state index contributed by atoms with van der Waals surface area (Å²) in [5, 5.41) is 2.16. The minimum absolute atomic E-state index is 0.689. The maximum Gasteiger partial charge on any atom is 0.144 e. The van der Waals surface area contributed by atoms with E-state index in [4.69, 9.17) is 10.5 Å². The van der Waals surface area contributed by atoms with E-state index in [0.29, 0.717) is 12.3 Å². The van der Waals surface area contributed by atoms with E-state index in [1.807, 2.05) is 18.2 Å². The van der Waals surface area contributed by atoms with Gasteiger partial charge in [0.05, 0.1) is 16.1 Å². The summed E-state index contributed by atoms with van der Waals surface area (Å²) in [6, 6.07) is 8.08. The topological polar surface area (TPSA) is 38.5 Å². The standard InChI is InChI=1S/C15H19BrN2OS/c1-3-6-19-14-8-12(4-5-13(14)17)18(2)9-11-7-15(16)20-10-11/h4-5,7-8,10H,3,6,9,17H2,1-2H3. The Labute approximate surface area is 132 Å². The predicted octanol–water partition coefficient (Wildman–Crippen LogP) is 4.52. The smallest absolute Gasteiger partial charge is 0.144 e. The van der Waals surface area contributed by atoms with E-state index in [2.05, 4.69) is 46.2 Å². The molecule has 2 aromatic rings. The largest absolute Gasteiger partial charge is 0.491 e. The van der Waals surface area contributed by atoms with Gasteiger partial charge in [0.15, 0.2) is 0 Å². The molecule has 5 heteroatoms. The molecular weight excluding hydrogens is 336 g/mol. The van der Waals surface area contributed by atoms with Gasteiger partial charge in [-0.1, -0.05) is 6.92 Å². The number of halogens is 1. The van der Waals surface area contributed by atoms with Crippen LogP contribution < -0.4 is 15.4 Å². The quantitative estimate of drug-likeness (QED) is 0.775. The van der Waals surface area contributed by atoms with Crippen LogP contribution in [0.25, 0.3) is 0 Å². The normalized spacial score (nSPS) is 10.6. The molecule has 2 rings (SSSR count). The highest BCUT2D eigenvalue weighted by Crippen LogP contribution is 2.29. The lowest BCUT2D eigenvalue weighted by Crippen LogP contribution is -2.16. The van der Waals surface area contributed by atoms with Crippen LogP contribution in [0.5, 0.6) is 5.75 Å². The second kappa shape index (κ2) is 6.99. The molecule has 0 aliphatic heterocycles. The molecule has 1 aromatic heterocycles. The third-order valence-electron chi connectivity index (χ3n) is 2.94. The third kappa shape index (κ3) is 3.90. The zero-order valence-corrected chi connectivity index (χ0v) is 14.1. The molecule has 0 bridgehead atoms. The summed E-state index contributed by atoms with van der Waals surface area (Å²) in [5.41, 5.74) is 9.02. The number of ether oxygens (including phenoxy) is 1. The molecule has 0 saturated heterocycles. The Hall–Kier alpha value is -1.20. The van der Waals surface area contributed by atoms with Gasteiger partial charge in [0.1, 0.15) is 5.75 Å². The van der Waals surface area contributed by atoms with E-state index in [-0.39, 0.29) is 0 Å². The van der Waals surface area contributed by atoms with Crippen molar-refractivity contribution in [3.05, 3.63) is 39.0 Å². The lowest BCUT2D eigenvalue weighted by molar-refractivity contribution is 0.319. The molecule has 1 aromatic carbocycles. The second-order valence-electron chi connectivity index (χ2n) is 4.69. The lowest BCUT2D eigenvalue weighted by atomic mass is 10.2. The fourth-order valence-corrected chi connectivity index (χ4v) is 3.09. The first-order valence-corrected chi connectivity index (χ1v) is 8.23. The average Bonchev–Trinajstić information content (AvgIpc) is 2.83. The summed E-state index contributed by atoms with van der Waals surface area (Å²) in [7, 11) is 2.07. The van der Waals surface area contributed by atoms with Crippen LogP contribution in [0.2, 0.25) is 0 Å². The summed E-state index contributed by atoms with van der Waals surface area (Å²) in [5.74, 6) is 0.766. The Morgan fingerprint density at radius 2 is 2.15 bits per heavy atom. The number of hydrogen-bond acceptors (Lipinski definition) is 4. The fraction of sp³-hybridized carbons (Fsp3) is 0.333. The number of nitrogens with two attached hydrogens (primary N) is 1. The van der Waals surface area contributed by atoms with Gasteiger partial charge in [-0.2, -0.15) is 0 Å². The Kier molecular flexibility index (Phi) is 5.31. The van der Waals surface area contributed by atoms with Gasteiger partial charge in [-0.15, -0.1) is 11.3 Å². The van der Waals surface area contributed by atoms with Crippen molar-refractivity contribution in [2.45, 2.75) is 19.9 Å². The van der Waals surface area contributed by atoms with Crippen LogP contribution in [0.15, 0.2) is 33.4 Å². The molecule has 3 nitrogen and oxygen atoms in total. The summed E-state index contributed by atoms with van der Waals surface area (Å²) in [6.07, 6.45) is 0.975. The van der Waals surface area contributed by atoms with E-state index in [1.165, 1.54) is 5.56 Å². The van der Waals surface area contributed by atoms with Crippen LogP contribution in [-0.2, 0) is 6.54 Å². The van der Waals surface area contributed by atoms with Crippen LogP contribution in [0.3, 0.4) is 0 Å². The van der Waals surface area contributed by atoms with Crippen molar-refractivity contribution < 1.29 is 4.74 Å². The molecule has 0 saturated carbocycles. The van der Waals surface area contributed by atoms with Crippen molar-refractivity contribution in [3.63, 3.8) is 0 Å². The number of thiophene rings is 1. The molecule has 0 unspecified atom stereocenters. The molecule has 1 heterocycles. The Bertz CT molecular complexity index is 571. The maximum absolute atomic E-state index is 5.94. The molecule has 20 heavy (non-hydrogen) atoms. The van der Waals surface area contributed by atoms with Gasteiger partial charge in [0.2, 0.25) is 0 Å². The summed E-state index contributed by atoms with van der Waals surface area (Å²) in [6.45, 7) is 3.63. The molecule has 0 fully saturated rings. The first kappa shape index (κ1) is 15.2. The van der Waals surface area contributed by atoms with E-state index in [1.54, 1.807) is 11.3 Å². The minimum Gasteiger partial charge on any atom is -0.491 e. The number of nitrogen functional groups attached to an aromatic ring is 1. The van der Waals surface area contributed by atoms with Crippen molar-refractivity contribution in [1.82, 2.24) is 0 Å². The van der Waals surface area contributed by atoms with Gasteiger partial charge in [-0.3, -0.25) is 0 Å². The van der Waals surface area contributed by atoms with Gasteiger partial charge in [-0.25, -0.2) is 0 Å². The Balaban J connectivity index is 2.10. The molecule has 0 aliphatic rings. The molecule has 0 radical (unpaired) electrons. The first-order chi connectivity index (χ1) is 9.60. The van der Waals surface area contributed by atoms with Crippen LogP contribution in [0.4, 0.5) is 11.4 Å². The van der Waals surface area contributed by atoms with Crippen molar-refractivity contribution in [1.29, 1.82) is 0 Å². The van der Waals surface area contributed by atoms with Crippen LogP contribution >= 0.6 is 27.3 Å². The predicted molar refractivity (Wildman–Crippen MR) is 90.8 cm³/mol. The molecule has 0 spiro atoms. The molecule has 0 amide bonds. The average molecular weight is 355 g/mol. The highest BCUT2D eigenvalue weighted by Gasteiger charge is 2.07. The maximum atomic E-state index is 5.94. The molecule has 0 atom stereocenters. The van der Waals surface area contributed by atoms with Crippen LogP contribution in [-0.4, -0.2) is 13.7 Å². The minimum atomic E-state index is 0.689. The highest BCUT2D eigenvalue weighted by molar-refractivity contribution is 9.11. The van der Waals surface area contributed by atoms with Crippen molar-refractivity contribution in [2.75, 3.05) is 24.3 Å². The van der Waals surface area contributed by atoms with Crippen molar-refractivity contribution in [3.8, 4) is 5.75 Å². The molecular formula is C15H19BrN2OS. The zero-order chi connectivity index (χ0) is 14.5. The van der Waals surface area contributed by atoms with Gasteiger partial charge >= 0.3 is 0 Å². The van der Waals surface area contributed by atoms with Gasteiger partial charge < -0.3 is 15.4 Å². The highest BCUT2D eigenvalue weighted by atomic mass is 79.9. The Morgan fingerprint density at radius 1 is 1.35 bits per heavy atom. The van der Waals surface area contributed by atoms with Crippen LogP contribution in [0, 0.1) is 0 Å². The van der Waals surface area contributed by atoms with E-state index < -0.39 is 0 Å². The number of nitrogens with zero attached hydrogens (tertiary/aromatic N) is 1. The second-order valence-corrected chi connectivity index (χ2v) is 6.98. The summed E-state index contributed by atoms with van der Waals surface area (Å²) < 4.78 is 6.83. The van der Waals surface area contributed by atoms with Crippen molar-refractivity contribution >= 4 is 38.6 Å². The van der Waals surface area contributed by atoms with Crippen molar-refractivity contribution in [2.24, 2.45) is 0 Å². The van der Waals surface area contributed by atoms with Gasteiger partial charge in [-0.05, 0) is 51.5 Å². The van der Waals surface area contributed by atoms with E-state index >= 15 is 0 Å². The number of anilines is 2. The first-order valence-electron chi connectivity index (χ1n) is 6.56. The number of rotatable bonds is 6. The summed E-state index contributed by atoms with van der Waals surface area (Å²) >= 11 is 5.19. The monoisotopic (exact) mass is 354 g/mol. The molecule has 2 N–H and O–H groups in total. The molecule has 0 aliphatic carbocycles. The van der Waals surface area contributed by atoms with Crippen LogP contribution in [0.1, 0.15) is 18.9 Å². The SMILES string of the molecule is CCCOc1cc(N(C)Cc2csc(Br)c2)ccc1N. The fourth-order valence-electron chi connectivity index (χ4n) is 1.89. The molecule has 108 valence electrons. The van der Waals surface area contributed by atoms with Gasteiger partial charge in [0.25, 0.3) is 0 Å². The number of hydrogen-bond donors (Lipinski definition) is 1. The third-order valence-corrected chi connectivity index (χ3v) is 4.49. The number of benzene rings is 1. The Morgan fingerprint density at radius 3 is 2.80 bits per heavy atom. The van der Waals surface area contributed by atoms with Gasteiger partial charge in [0, 0.05) is 25.3 Å². The zero-order valence-electron chi connectivity index (χ0n) is 11.7. The van der Waals surface area contributed by atoms with E-state index in [9.17, 15) is 0 Å². The van der Waals surface area contributed by atoms with E-state index in [0.717, 1.165) is 28.2 Å². The lowest BCUT2D eigenvalue weighted by Gasteiger charge is -2.20. The summed E-state index contributed by atoms with van der Waals surface area (Å²) in [4.78, 5) is 2.19.